The number of hydrogen-bond donors (Lipinski definition) is 1. The molecule has 1 N–H and O–H groups in total. The van der Waals surface area contributed by atoms with Crippen LogP contribution in [-0.4, -0.2) is 5.54 Å². The van der Waals surface area contributed by atoms with Gasteiger partial charge in [0, 0.05) is 11.2 Å². The van der Waals surface area contributed by atoms with E-state index < -0.39 is 0 Å². The van der Waals surface area contributed by atoms with Crippen LogP contribution in [-0.2, 0) is 0 Å². The minimum Gasteiger partial charge on any atom is -0.384 e. The van der Waals surface area contributed by atoms with E-state index in [1.165, 1.54) is 31.4 Å². The lowest BCUT2D eigenvalue weighted by atomic mass is 9.81. The lowest BCUT2D eigenvalue weighted by molar-refractivity contribution is 0.260. The highest BCUT2D eigenvalue weighted by atomic mass is 15.0. The molecule has 0 aliphatic carbocycles. The summed E-state index contributed by atoms with van der Waals surface area (Å²) in [7, 11) is 0. The molecule has 0 aliphatic rings. The molecule has 0 aromatic heterocycles. The van der Waals surface area contributed by atoms with Gasteiger partial charge < -0.3 is 5.32 Å². The van der Waals surface area contributed by atoms with Crippen LogP contribution < -0.4 is 5.32 Å². The fraction of sp³-hybridized carbons (Fsp3) is 0.882. The maximum Gasteiger partial charge on any atom is 0.0314 e. The van der Waals surface area contributed by atoms with Crippen molar-refractivity contribution in [1.82, 2.24) is 5.32 Å². The van der Waals surface area contributed by atoms with E-state index in [9.17, 15) is 0 Å². The van der Waals surface area contributed by atoms with Crippen molar-refractivity contribution in [3.63, 3.8) is 0 Å². The molecule has 0 amide bonds. The number of allylic oxidation sites excluding steroid dienone is 1. The second kappa shape index (κ2) is 7.21. The van der Waals surface area contributed by atoms with Crippen molar-refractivity contribution < 1.29 is 0 Å². The van der Waals surface area contributed by atoms with E-state index in [0.29, 0.717) is 5.41 Å². The quantitative estimate of drug-likeness (QED) is 0.570. The van der Waals surface area contributed by atoms with E-state index in [2.05, 4.69) is 60.4 Å². The van der Waals surface area contributed by atoms with Gasteiger partial charge in [0.05, 0.1) is 0 Å². The SMILES string of the molecule is C=C(CCC(C)C)NC(C)(C)CCC(C)(C)CC. The monoisotopic (exact) mass is 253 g/mol. The molecule has 0 atom stereocenters. The number of hydrogen-bond acceptors (Lipinski definition) is 1. The van der Waals surface area contributed by atoms with Gasteiger partial charge in [0.1, 0.15) is 0 Å². The Morgan fingerprint density at radius 1 is 1.11 bits per heavy atom. The Labute approximate surface area is 115 Å². The summed E-state index contributed by atoms with van der Waals surface area (Å²) >= 11 is 0. The Morgan fingerprint density at radius 3 is 2.11 bits per heavy atom. The van der Waals surface area contributed by atoms with Crippen LogP contribution in [0.15, 0.2) is 12.3 Å². The molecule has 0 aliphatic heterocycles. The van der Waals surface area contributed by atoms with Crippen molar-refractivity contribution in [3.8, 4) is 0 Å². The van der Waals surface area contributed by atoms with Crippen molar-refractivity contribution in [3.05, 3.63) is 12.3 Å². The predicted molar refractivity (Wildman–Crippen MR) is 83.7 cm³/mol. The molecule has 108 valence electrons. The molecule has 1 heteroatoms. The fourth-order valence-electron chi connectivity index (χ4n) is 1.89. The molecule has 0 radical (unpaired) electrons. The topological polar surface area (TPSA) is 12.0 Å². The Morgan fingerprint density at radius 2 is 1.67 bits per heavy atom. The third-order valence-corrected chi connectivity index (χ3v) is 3.92. The third-order valence-electron chi connectivity index (χ3n) is 3.92. The lowest BCUT2D eigenvalue weighted by Gasteiger charge is -2.33. The molecule has 0 aromatic carbocycles. The highest BCUT2D eigenvalue weighted by molar-refractivity contribution is 4.98. The zero-order valence-electron chi connectivity index (χ0n) is 13.8. The highest BCUT2D eigenvalue weighted by Gasteiger charge is 2.23. The van der Waals surface area contributed by atoms with Gasteiger partial charge in [-0.05, 0) is 50.9 Å². The average molecular weight is 253 g/mol. The number of nitrogens with one attached hydrogen (secondary N) is 1. The van der Waals surface area contributed by atoms with Crippen LogP contribution in [0, 0.1) is 11.3 Å². The van der Waals surface area contributed by atoms with Crippen LogP contribution >= 0.6 is 0 Å². The zero-order valence-corrected chi connectivity index (χ0v) is 13.8. The molecule has 0 saturated heterocycles. The first-order chi connectivity index (χ1) is 8.08. The van der Waals surface area contributed by atoms with Crippen molar-refractivity contribution in [2.75, 3.05) is 0 Å². The molecule has 18 heavy (non-hydrogen) atoms. The predicted octanol–water partition coefficient (Wildman–Crippen LogP) is 5.52. The first-order valence-electron chi connectivity index (χ1n) is 7.54. The molecule has 0 rings (SSSR count). The van der Waals surface area contributed by atoms with Gasteiger partial charge in [-0.25, -0.2) is 0 Å². The van der Waals surface area contributed by atoms with Crippen molar-refractivity contribution in [1.29, 1.82) is 0 Å². The third kappa shape index (κ3) is 8.60. The van der Waals surface area contributed by atoms with Crippen LogP contribution in [0.1, 0.15) is 80.6 Å². The van der Waals surface area contributed by atoms with Crippen LogP contribution in [0.2, 0.25) is 0 Å². The van der Waals surface area contributed by atoms with Gasteiger partial charge in [0.15, 0.2) is 0 Å². The summed E-state index contributed by atoms with van der Waals surface area (Å²) in [6.45, 7) is 20.3. The van der Waals surface area contributed by atoms with Crippen molar-refractivity contribution in [2.45, 2.75) is 86.1 Å². The summed E-state index contributed by atoms with van der Waals surface area (Å²) in [5.74, 6) is 0.755. The molecule has 0 spiro atoms. The zero-order chi connectivity index (χ0) is 14.4. The van der Waals surface area contributed by atoms with Crippen LogP contribution in [0.3, 0.4) is 0 Å². The number of rotatable bonds is 9. The van der Waals surface area contributed by atoms with Gasteiger partial charge in [-0.3, -0.25) is 0 Å². The smallest absolute Gasteiger partial charge is 0.0314 e. The van der Waals surface area contributed by atoms with Gasteiger partial charge in [0.2, 0.25) is 0 Å². The van der Waals surface area contributed by atoms with Crippen molar-refractivity contribution in [2.24, 2.45) is 11.3 Å². The van der Waals surface area contributed by atoms with E-state index >= 15 is 0 Å². The molecule has 0 fully saturated rings. The molecular formula is C17H35N. The Hall–Kier alpha value is -0.460. The van der Waals surface area contributed by atoms with Crippen LogP contribution in [0.5, 0.6) is 0 Å². The summed E-state index contributed by atoms with van der Waals surface area (Å²) in [6, 6.07) is 0. The average Bonchev–Trinajstić information content (AvgIpc) is 2.24. The summed E-state index contributed by atoms with van der Waals surface area (Å²) < 4.78 is 0. The summed E-state index contributed by atoms with van der Waals surface area (Å²) in [4.78, 5) is 0. The molecule has 0 bridgehead atoms. The van der Waals surface area contributed by atoms with Gasteiger partial charge in [-0.2, -0.15) is 0 Å². The largest absolute Gasteiger partial charge is 0.384 e. The van der Waals surface area contributed by atoms with E-state index in [1.54, 1.807) is 0 Å². The highest BCUT2D eigenvalue weighted by Crippen LogP contribution is 2.29. The van der Waals surface area contributed by atoms with Crippen molar-refractivity contribution >= 4 is 0 Å². The standard InChI is InChI=1S/C17H35N/c1-9-16(5,6)12-13-17(7,8)18-15(4)11-10-14(2)3/h14,18H,4,9-13H2,1-3,5-8H3. The first-order valence-corrected chi connectivity index (χ1v) is 7.54. The summed E-state index contributed by atoms with van der Waals surface area (Å²) in [6.07, 6.45) is 6.04. The fourth-order valence-corrected chi connectivity index (χ4v) is 1.89. The minimum atomic E-state index is 0.167. The van der Waals surface area contributed by atoms with E-state index in [-0.39, 0.29) is 5.54 Å². The first kappa shape index (κ1) is 17.5. The Kier molecular flexibility index (Phi) is 7.02. The van der Waals surface area contributed by atoms with Crippen LogP contribution in [0.4, 0.5) is 0 Å². The molecule has 0 saturated carbocycles. The second-order valence-corrected chi connectivity index (χ2v) is 7.56. The lowest BCUT2D eigenvalue weighted by Crippen LogP contribution is -2.39. The van der Waals surface area contributed by atoms with Gasteiger partial charge in [-0.1, -0.05) is 47.6 Å². The van der Waals surface area contributed by atoms with E-state index in [1.807, 2.05) is 0 Å². The molecular weight excluding hydrogens is 218 g/mol. The van der Waals surface area contributed by atoms with Gasteiger partial charge in [-0.15, -0.1) is 0 Å². The molecule has 0 heterocycles. The molecule has 0 aromatic rings. The molecule has 1 nitrogen and oxygen atoms in total. The minimum absolute atomic E-state index is 0.167. The van der Waals surface area contributed by atoms with Crippen LogP contribution in [0.25, 0.3) is 0 Å². The summed E-state index contributed by atoms with van der Waals surface area (Å²) in [5.41, 5.74) is 1.82. The normalized spacial score (nSPS) is 12.9. The van der Waals surface area contributed by atoms with E-state index in [4.69, 9.17) is 0 Å². The van der Waals surface area contributed by atoms with Gasteiger partial charge in [0.25, 0.3) is 0 Å². The van der Waals surface area contributed by atoms with E-state index in [0.717, 1.165) is 12.3 Å². The second-order valence-electron chi connectivity index (χ2n) is 7.56. The Balaban J connectivity index is 4.10. The molecule has 0 unspecified atom stereocenters. The maximum absolute atomic E-state index is 4.17. The summed E-state index contributed by atoms with van der Waals surface area (Å²) in [5, 5.41) is 3.61. The van der Waals surface area contributed by atoms with Gasteiger partial charge >= 0.3 is 0 Å². The Bertz CT molecular complexity index is 248. The maximum atomic E-state index is 4.17.